The number of hydrogen-bond acceptors (Lipinski definition) is 3. The van der Waals surface area contributed by atoms with Crippen LogP contribution >= 0.6 is 27.5 Å². The number of anilines is 1. The Morgan fingerprint density at radius 1 is 1.25 bits per heavy atom. The van der Waals surface area contributed by atoms with Crippen molar-refractivity contribution in [2.45, 2.75) is 20.8 Å². The number of furan rings is 1. The first kappa shape index (κ1) is 18.5. The highest BCUT2D eigenvalue weighted by Crippen LogP contribution is 2.22. The number of hydrogen-bond donors (Lipinski definition) is 1. The number of nitrogens with zero attached hydrogens (tertiary/aromatic N) is 1. The minimum Gasteiger partial charge on any atom is -0.444 e. The molecular weight excluding hydrogens is 396 g/mol. The predicted octanol–water partition coefficient (Wildman–Crippen LogP) is 4.41. The highest BCUT2D eigenvalue weighted by molar-refractivity contribution is 9.10. The maximum Gasteiger partial charge on any atom is 0.290 e. The average molecular weight is 414 g/mol. The molecule has 1 aromatic heterocycles. The van der Waals surface area contributed by atoms with Gasteiger partial charge >= 0.3 is 0 Å². The van der Waals surface area contributed by atoms with Crippen molar-refractivity contribution in [1.82, 2.24) is 4.90 Å². The second kappa shape index (κ2) is 7.85. The molecule has 0 saturated heterocycles. The van der Waals surface area contributed by atoms with Crippen LogP contribution in [0.25, 0.3) is 0 Å². The van der Waals surface area contributed by atoms with Crippen LogP contribution in [0, 0.1) is 13.8 Å². The molecule has 2 rings (SSSR count). The average Bonchev–Trinajstić information content (AvgIpc) is 2.86. The fraction of sp³-hybridized carbons (Fsp3) is 0.294. The van der Waals surface area contributed by atoms with E-state index in [1.807, 2.05) is 19.9 Å². The monoisotopic (exact) mass is 412 g/mol. The Hall–Kier alpha value is -1.79. The molecule has 0 aliphatic carbocycles. The third kappa shape index (κ3) is 4.39. The van der Waals surface area contributed by atoms with E-state index in [0.717, 1.165) is 11.1 Å². The van der Waals surface area contributed by atoms with Gasteiger partial charge in [0.1, 0.15) is 6.54 Å². The Kier molecular flexibility index (Phi) is 6.07. The van der Waals surface area contributed by atoms with Crippen LogP contribution in [0.1, 0.15) is 28.6 Å². The molecule has 7 heteroatoms. The van der Waals surface area contributed by atoms with Gasteiger partial charge in [-0.05, 0) is 60.5 Å². The molecular formula is C17H18BrClN2O3. The van der Waals surface area contributed by atoms with Crippen LogP contribution < -0.4 is 5.32 Å². The highest BCUT2D eigenvalue weighted by atomic mass is 79.9. The van der Waals surface area contributed by atoms with Crippen molar-refractivity contribution < 1.29 is 14.0 Å². The number of rotatable bonds is 5. The fourth-order valence-corrected chi connectivity index (χ4v) is 2.90. The zero-order valence-corrected chi connectivity index (χ0v) is 16.0. The van der Waals surface area contributed by atoms with Crippen molar-refractivity contribution >= 4 is 45.0 Å². The van der Waals surface area contributed by atoms with Crippen LogP contribution in [-0.4, -0.2) is 29.8 Å². The third-order valence-electron chi connectivity index (χ3n) is 3.56. The summed E-state index contributed by atoms with van der Waals surface area (Å²) in [6.45, 7) is 5.78. The van der Waals surface area contributed by atoms with E-state index >= 15 is 0 Å². The summed E-state index contributed by atoms with van der Waals surface area (Å²) in [7, 11) is 0. The van der Waals surface area contributed by atoms with E-state index in [1.54, 1.807) is 25.1 Å². The molecule has 2 amide bonds. The summed E-state index contributed by atoms with van der Waals surface area (Å²) >= 11 is 9.15. The largest absolute Gasteiger partial charge is 0.444 e. The van der Waals surface area contributed by atoms with Crippen LogP contribution in [0.15, 0.2) is 33.4 Å². The zero-order valence-electron chi connectivity index (χ0n) is 13.7. The van der Waals surface area contributed by atoms with E-state index in [2.05, 4.69) is 21.2 Å². The smallest absolute Gasteiger partial charge is 0.290 e. The lowest BCUT2D eigenvalue weighted by Gasteiger charge is -2.20. The van der Waals surface area contributed by atoms with Gasteiger partial charge in [-0.2, -0.15) is 0 Å². The van der Waals surface area contributed by atoms with E-state index in [-0.39, 0.29) is 24.1 Å². The second-order valence-corrected chi connectivity index (χ2v) is 6.61. The maximum atomic E-state index is 12.5. The van der Waals surface area contributed by atoms with Gasteiger partial charge < -0.3 is 14.6 Å². The van der Waals surface area contributed by atoms with Gasteiger partial charge in [0.25, 0.3) is 5.91 Å². The van der Waals surface area contributed by atoms with Crippen molar-refractivity contribution in [2.24, 2.45) is 0 Å². The third-order valence-corrected chi connectivity index (χ3v) is 4.18. The van der Waals surface area contributed by atoms with E-state index < -0.39 is 0 Å². The molecule has 24 heavy (non-hydrogen) atoms. The van der Waals surface area contributed by atoms with Crippen LogP contribution in [-0.2, 0) is 4.79 Å². The van der Waals surface area contributed by atoms with Crippen molar-refractivity contribution in [3.05, 3.63) is 50.8 Å². The van der Waals surface area contributed by atoms with E-state index in [1.165, 1.54) is 4.90 Å². The van der Waals surface area contributed by atoms with Crippen LogP contribution in [0.5, 0.6) is 0 Å². The van der Waals surface area contributed by atoms with E-state index in [0.29, 0.717) is 21.9 Å². The first-order valence-electron chi connectivity index (χ1n) is 7.43. The van der Waals surface area contributed by atoms with Crippen molar-refractivity contribution in [3.8, 4) is 0 Å². The summed E-state index contributed by atoms with van der Waals surface area (Å²) in [5, 5.41) is 3.32. The fourth-order valence-electron chi connectivity index (χ4n) is 2.22. The molecule has 128 valence electrons. The van der Waals surface area contributed by atoms with Crippen LogP contribution in [0.4, 0.5) is 5.69 Å². The SMILES string of the molecule is CCN(CC(=O)Nc1cc(Cl)ccc1C)C(=O)c1oc(Br)cc1C. The van der Waals surface area contributed by atoms with Gasteiger partial charge in [0.05, 0.1) is 0 Å². The summed E-state index contributed by atoms with van der Waals surface area (Å²) in [6, 6.07) is 6.98. The molecule has 0 fully saturated rings. The Bertz CT molecular complexity index is 773. The minimum atomic E-state index is -0.321. The number of likely N-dealkylation sites (N-methyl/N-ethyl adjacent to an activating group) is 1. The molecule has 5 nitrogen and oxygen atoms in total. The van der Waals surface area contributed by atoms with Gasteiger partial charge in [0.15, 0.2) is 10.4 Å². The number of nitrogens with one attached hydrogen (secondary N) is 1. The Morgan fingerprint density at radius 2 is 1.96 bits per heavy atom. The van der Waals surface area contributed by atoms with Crippen LogP contribution in [0.2, 0.25) is 5.02 Å². The molecule has 0 saturated carbocycles. The van der Waals surface area contributed by atoms with Gasteiger partial charge in [-0.1, -0.05) is 17.7 Å². The minimum absolute atomic E-state index is 0.0704. The lowest BCUT2D eigenvalue weighted by Crippen LogP contribution is -2.38. The zero-order chi connectivity index (χ0) is 17.9. The summed E-state index contributed by atoms with van der Waals surface area (Å²) < 4.78 is 5.85. The molecule has 2 aromatic rings. The predicted molar refractivity (Wildman–Crippen MR) is 97.5 cm³/mol. The lowest BCUT2D eigenvalue weighted by molar-refractivity contribution is -0.116. The molecule has 0 bridgehead atoms. The van der Waals surface area contributed by atoms with Crippen molar-refractivity contribution in [3.63, 3.8) is 0 Å². The Morgan fingerprint density at radius 3 is 2.54 bits per heavy atom. The normalized spacial score (nSPS) is 10.5. The summed E-state index contributed by atoms with van der Waals surface area (Å²) in [5.41, 5.74) is 2.25. The first-order valence-corrected chi connectivity index (χ1v) is 8.60. The summed E-state index contributed by atoms with van der Waals surface area (Å²) in [4.78, 5) is 26.2. The number of halogens is 2. The molecule has 1 heterocycles. The summed E-state index contributed by atoms with van der Waals surface area (Å²) in [5.74, 6) is -0.382. The standard InChI is InChI=1S/C17H18BrClN2O3/c1-4-21(17(23)16-11(3)7-14(18)24-16)9-15(22)20-13-8-12(19)6-5-10(13)2/h5-8H,4,9H2,1-3H3,(H,20,22). The van der Waals surface area contributed by atoms with Gasteiger partial charge in [-0.15, -0.1) is 0 Å². The maximum absolute atomic E-state index is 12.5. The number of carbonyl (C=O) groups excluding carboxylic acids is 2. The van der Waals surface area contributed by atoms with Crippen molar-refractivity contribution in [2.75, 3.05) is 18.4 Å². The lowest BCUT2D eigenvalue weighted by atomic mass is 10.2. The van der Waals surface area contributed by atoms with Crippen LogP contribution in [0.3, 0.4) is 0 Å². The molecule has 0 spiro atoms. The molecule has 0 atom stereocenters. The van der Waals surface area contributed by atoms with E-state index in [4.69, 9.17) is 16.0 Å². The molecule has 0 unspecified atom stereocenters. The molecule has 0 radical (unpaired) electrons. The molecule has 1 N–H and O–H groups in total. The Balaban J connectivity index is 2.09. The second-order valence-electron chi connectivity index (χ2n) is 5.39. The van der Waals surface area contributed by atoms with Gasteiger partial charge in [0, 0.05) is 22.8 Å². The Labute approximate surface area is 154 Å². The highest BCUT2D eigenvalue weighted by Gasteiger charge is 2.23. The molecule has 1 aromatic carbocycles. The summed E-state index contributed by atoms with van der Waals surface area (Å²) in [6.07, 6.45) is 0. The molecule has 0 aliphatic rings. The van der Waals surface area contributed by atoms with Gasteiger partial charge in [-0.3, -0.25) is 9.59 Å². The topological polar surface area (TPSA) is 62.6 Å². The quantitative estimate of drug-likeness (QED) is 0.789. The van der Waals surface area contributed by atoms with Crippen molar-refractivity contribution in [1.29, 1.82) is 0 Å². The number of aryl methyl sites for hydroxylation is 2. The van der Waals surface area contributed by atoms with E-state index in [9.17, 15) is 9.59 Å². The number of carbonyl (C=O) groups is 2. The number of benzene rings is 1. The number of amides is 2. The van der Waals surface area contributed by atoms with Gasteiger partial charge in [-0.25, -0.2) is 0 Å². The van der Waals surface area contributed by atoms with Gasteiger partial charge in [0.2, 0.25) is 5.91 Å². The first-order chi connectivity index (χ1) is 11.3. The molecule has 0 aliphatic heterocycles.